The van der Waals surface area contributed by atoms with Gasteiger partial charge in [0.15, 0.2) is 0 Å². The molecular weight excluding hydrogens is 298 g/mol. The van der Waals surface area contributed by atoms with E-state index in [-0.39, 0.29) is 12.5 Å². The molecule has 0 spiro atoms. The Morgan fingerprint density at radius 1 is 1.41 bits per heavy atom. The molecule has 0 fully saturated rings. The Labute approximate surface area is 113 Å². The molecule has 0 bridgehead atoms. The van der Waals surface area contributed by atoms with Crippen LogP contribution in [0.15, 0.2) is 34.1 Å². The van der Waals surface area contributed by atoms with Gasteiger partial charge in [0.25, 0.3) is 0 Å². The van der Waals surface area contributed by atoms with Crippen LogP contribution in [-0.2, 0) is 0 Å². The number of thiazole rings is 1. The SMILES string of the molecule is CCC(CO)c1nc(-c2ccccc2Br)cs1. The Kier molecular flexibility index (Phi) is 4.31. The highest BCUT2D eigenvalue weighted by Gasteiger charge is 2.14. The van der Waals surface area contributed by atoms with Crippen molar-refractivity contribution in [2.45, 2.75) is 19.3 Å². The molecule has 1 unspecified atom stereocenters. The van der Waals surface area contributed by atoms with Crippen molar-refractivity contribution < 1.29 is 5.11 Å². The van der Waals surface area contributed by atoms with Crippen molar-refractivity contribution in [2.24, 2.45) is 0 Å². The molecule has 2 nitrogen and oxygen atoms in total. The van der Waals surface area contributed by atoms with Crippen LogP contribution in [-0.4, -0.2) is 16.7 Å². The first-order valence-electron chi connectivity index (χ1n) is 5.57. The monoisotopic (exact) mass is 311 g/mol. The predicted molar refractivity (Wildman–Crippen MR) is 75.4 cm³/mol. The Bertz CT molecular complexity index is 494. The Morgan fingerprint density at radius 2 is 2.18 bits per heavy atom. The molecule has 0 aliphatic heterocycles. The van der Waals surface area contributed by atoms with Crippen LogP contribution in [0.4, 0.5) is 0 Å². The van der Waals surface area contributed by atoms with Crippen LogP contribution < -0.4 is 0 Å². The normalized spacial score (nSPS) is 12.6. The molecule has 2 rings (SSSR count). The molecule has 1 aromatic heterocycles. The largest absolute Gasteiger partial charge is 0.396 e. The molecule has 1 heterocycles. The van der Waals surface area contributed by atoms with Crippen molar-refractivity contribution in [1.82, 2.24) is 4.98 Å². The Morgan fingerprint density at radius 3 is 2.82 bits per heavy atom. The van der Waals surface area contributed by atoms with Crippen LogP contribution in [0.25, 0.3) is 11.3 Å². The highest BCUT2D eigenvalue weighted by molar-refractivity contribution is 9.10. The molecular formula is C13H14BrNOS. The van der Waals surface area contributed by atoms with Crippen LogP contribution in [0.3, 0.4) is 0 Å². The average Bonchev–Trinajstić information content (AvgIpc) is 2.81. The molecule has 90 valence electrons. The summed E-state index contributed by atoms with van der Waals surface area (Å²) in [5.41, 5.74) is 2.08. The summed E-state index contributed by atoms with van der Waals surface area (Å²) in [6, 6.07) is 8.05. The minimum Gasteiger partial charge on any atom is -0.396 e. The Hall–Kier alpha value is -0.710. The summed E-state index contributed by atoms with van der Waals surface area (Å²) in [7, 11) is 0. The van der Waals surface area contributed by atoms with E-state index in [0.717, 1.165) is 27.2 Å². The van der Waals surface area contributed by atoms with Crippen molar-refractivity contribution in [1.29, 1.82) is 0 Å². The van der Waals surface area contributed by atoms with Crippen molar-refractivity contribution in [3.63, 3.8) is 0 Å². The lowest BCUT2D eigenvalue weighted by Crippen LogP contribution is -2.01. The summed E-state index contributed by atoms with van der Waals surface area (Å²) in [5.74, 6) is 0.163. The lowest BCUT2D eigenvalue weighted by Gasteiger charge is -2.06. The molecule has 17 heavy (non-hydrogen) atoms. The van der Waals surface area contributed by atoms with Crippen LogP contribution in [0.1, 0.15) is 24.3 Å². The van der Waals surface area contributed by atoms with Gasteiger partial charge in [-0.25, -0.2) is 4.98 Å². The number of rotatable bonds is 4. The average molecular weight is 312 g/mol. The summed E-state index contributed by atoms with van der Waals surface area (Å²) in [6.45, 7) is 2.24. The standard InChI is InChI=1S/C13H14BrNOS/c1-2-9(7-16)13-15-12(8-17-13)10-5-3-4-6-11(10)14/h3-6,8-9,16H,2,7H2,1H3. The third-order valence-corrected chi connectivity index (χ3v) is 4.43. The number of aliphatic hydroxyl groups is 1. The third-order valence-electron chi connectivity index (χ3n) is 2.73. The number of aromatic nitrogens is 1. The fourth-order valence-corrected chi connectivity index (χ4v) is 3.13. The van der Waals surface area contributed by atoms with E-state index in [2.05, 4.69) is 27.8 Å². The number of halogens is 1. The van der Waals surface area contributed by atoms with E-state index in [0.29, 0.717) is 0 Å². The van der Waals surface area contributed by atoms with Crippen molar-refractivity contribution in [2.75, 3.05) is 6.61 Å². The van der Waals surface area contributed by atoms with Gasteiger partial charge < -0.3 is 5.11 Å². The molecule has 0 saturated carbocycles. The number of benzene rings is 1. The molecule has 0 radical (unpaired) electrons. The van der Waals surface area contributed by atoms with Crippen LogP contribution in [0, 0.1) is 0 Å². The second-order valence-corrected chi connectivity index (χ2v) is 5.58. The molecule has 2 aromatic rings. The summed E-state index contributed by atoms with van der Waals surface area (Å²) < 4.78 is 1.05. The fraction of sp³-hybridized carbons (Fsp3) is 0.308. The smallest absolute Gasteiger partial charge is 0.0986 e. The molecule has 1 atom stereocenters. The zero-order valence-electron chi connectivity index (χ0n) is 9.56. The van der Waals surface area contributed by atoms with Crippen LogP contribution >= 0.6 is 27.3 Å². The van der Waals surface area contributed by atoms with Gasteiger partial charge in [0.1, 0.15) is 0 Å². The maximum Gasteiger partial charge on any atom is 0.0986 e. The van der Waals surface area contributed by atoms with Crippen molar-refractivity contribution in [3.8, 4) is 11.3 Å². The zero-order valence-corrected chi connectivity index (χ0v) is 12.0. The summed E-state index contributed by atoms with van der Waals surface area (Å²) in [5, 5.41) is 12.3. The molecule has 1 aromatic carbocycles. The first-order chi connectivity index (χ1) is 8.26. The molecule has 0 aliphatic rings. The lowest BCUT2D eigenvalue weighted by atomic mass is 10.1. The van der Waals surface area contributed by atoms with Gasteiger partial charge in [0.05, 0.1) is 17.3 Å². The maximum absolute atomic E-state index is 9.27. The minimum atomic E-state index is 0.163. The Balaban J connectivity index is 2.33. The van der Waals surface area contributed by atoms with Gasteiger partial charge in [-0.2, -0.15) is 0 Å². The van der Waals surface area contributed by atoms with E-state index in [1.165, 1.54) is 0 Å². The highest BCUT2D eigenvalue weighted by atomic mass is 79.9. The van der Waals surface area contributed by atoms with E-state index in [9.17, 15) is 5.11 Å². The van der Waals surface area contributed by atoms with E-state index in [1.807, 2.05) is 29.6 Å². The fourth-order valence-electron chi connectivity index (χ4n) is 1.65. The second kappa shape index (κ2) is 5.76. The van der Waals surface area contributed by atoms with E-state index >= 15 is 0 Å². The van der Waals surface area contributed by atoms with Crippen LogP contribution in [0.5, 0.6) is 0 Å². The number of nitrogens with zero attached hydrogens (tertiary/aromatic N) is 1. The zero-order chi connectivity index (χ0) is 12.3. The van der Waals surface area contributed by atoms with E-state index in [4.69, 9.17) is 0 Å². The van der Waals surface area contributed by atoms with Crippen molar-refractivity contribution >= 4 is 27.3 Å². The maximum atomic E-state index is 9.27. The number of hydrogen-bond acceptors (Lipinski definition) is 3. The minimum absolute atomic E-state index is 0.163. The van der Waals surface area contributed by atoms with Gasteiger partial charge in [-0.3, -0.25) is 0 Å². The van der Waals surface area contributed by atoms with Gasteiger partial charge in [0, 0.05) is 21.3 Å². The number of aliphatic hydroxyl groups excluding tert-OH is 1. The highest BCUT2D eigenvalue weighted by Crippen LogP contribution is 2.31. The van der Waals surface area contributed by atoms with E-state index < -0.39 is 0 Å². The predicted octanol–water partition coefficient (Wildman–Crippen LogP) is 4.06. The molecule has 0 aliphatic carbocycles. The van der Waals surface area contributed by atoms with Crippen LogP contribution in [0.2, 0.25) is 0 Å². The van der Waals surface area contributed by atoms with E-state index in [1.54, 1.807) is 11.3 Å². The first-order valence-corrected chi connectivity index (χ1v) is 7.24. The van der Waals surface area contributed by atoms with Gasteiger partial charge in [-0.1, -0.05) is 41.1 Å². The molecule has 4 heteroatoms. The molecule has 1 N–H and O–H groups in total. The van der Waals surface area contributed by atoms with Gasteiger partial charge >= 0.3 is 0 Å². The summed E-state index contributed by atoms with van der Waals surface area (Å²) in [4.78, 5) is 4.61. The first kappa shape index (κ1) is 12.7. The van der Waals surface area contributed by atoms with Gasteiger partial charge in [0.2, 0.25) is 0 Å². The van der Waals surface area contributed by atoms with Crippen molar-refractivity contribution in [3.05, 3.63) is 39.1 Å². The quantitative estimate of drug-likeness (QED) is 0.923. The summed E-state index contributed by atoms with van der Waals surface area (Å²) >= 11 is 5.15. The third kappa shape index (κ3) is 2.76. The van der Waals surface area contributed by atoms with Gasteiger partial charge in [-0.05, 0) is 12.5 Å². The lowest BCUT2D eigenvalue weighted by molar-refractivity contribution is 0.262. The summed E-state index contributed by atoms with van der Waals surface area (Å²) in [6.07, 6.45) is 0.916. The molecule has 0 amide bonds. The second-order valence-electron chi connectivity index (χ2n) is 3.84. The number of hydrogen-bond donors (Lipinski definition) is 1. The topological polar surface area (TPSA) is 33.1 Å². The molecule has 0 saturated heterocycles. The van der Waals surface area contributed by atoms with Gasteiger partial charge in [-0.15, -0.1) is 11.3 Å².